The van der Waals surface area contributed by atoms with Crippen LogP contribution in [0.2, 0.25) is 5.02 Å². The van der Waals surface area contributed by atoms with Gasteiger partial charge >= 0.3 is 0 Å². The number of carbonyl (C=O) groups is 1. The monoisotopic (exact) mass is 232 g/mol. The fourth-order valence-corrected chi connectivity index (χ4v) is 1.57. The van der Waals surface area contributed by atoms with Crippen molar-refractivity contribution in [1.29, 1.82) is 0 Å². The van der Waals surface area contributed by atoms with Crippen molar-refractivity contribution in [1.82, 2.24) is 14.8 Å². The van der Waals surface area contributed by atoms with Gasteiger partial charge < -0.3 is 0 Å². The molecule has 5 nitrogen and oxygen atoms in total. The molecule has 6 heteroatoms. The van der Waals surface area contributed by atoms with Crippen molar-refractivity contribution in [2.24, 2.45) is 4.99 Å². The first-order chi connectivity index (χ1) is 7.74. The van der Waals surface area contributed by atoms with E-state index >= 15 is 0 Å². The molecule has 2 aromatic rings. The maximum absolute atomic E-state index is 11.2. The van der Waals surface area contributed by atoms with E-state index in [9.17, 15) is 4.79 Å². The fraction of sp³-hybridized carbons (Fsp3) is 0. The molecule has 0 aliphatic carbocycles. The summed E-state index contributed by atoms with van der Waals surface area (Å²) in [6.07, 6.45) is 4.73. The predicted octanol–water partition coefficient (Wildman–Crippen LogP) is 1.49. The van der Waals surface area contributed by atoms with Gasteiger partial charge in [0.15, 0.2) is 11.5 Å². The molecule has 1 aliphatic heterocycles. The van der Waals surface area contributed by atoms with Crippen LogP contribution in [0.4, 0.5) is 0 Å². The predicted molar refractivity (Wildman–Crippen MR) is 58.3 cm³/mol. The van der Waals surface area contributed by atoms with Gasteiger partial charge in [-0.05, 0) is 12.1 Å². The second-order valence-electron chi connectivity index (χ2n) is 3.28. The average molecular weight is 233 g/mol. The van der Waals surface area contributed by atoms with Crippen LogP contribution < -0.4 is 0 Å². The molecule has 0 N–H and O–H groups in total. The number of nitrogens with zero attached hydrogens (tertiary/aromatic N) is 4. The SMILES string of the molecule is O=C1N=Cc2cn(-c3ccc(Cl)cn3)nc21. The van der Waals surface area contributed by atoms with Gasteiger partial charge in [0.2, 0.25) is 0 Å². The molecule has 0 saturated carbocycles. The van der Waals surface area contributed by atoms with Crippen molar-refractivity contribution in [2.45, 2.75) is 0 Å². The van der Waals surface area contributed by atoms with E-state index in [1.807, 2.05) is 0 Å². The standard InChI is InChI=1S/C10H5ClN4O/c11-7-1-2-8(12-4-7)15-5-6-3-13-10(16)9(6)14-15/h1-5H. The van der Waals surface area contributed by atoms with Crippen LogP contribution >= 0.6 is 11.6 Å². The molecular formula is C10H5ClN4O. The number of amides is 1. The van der Waals surface area contributed by atoms with Gasteiger partial charge in [0.05, 0.1) is 5.02 Å². The van der Waals surface area contributed by atoms with E-state index in [1.54, 1.807) is 18.3 Å². The molecule has 0 bridgehead atoms. The minimum atomic E-state index is -0.317. The third kappa shape index (κ3) is 1.33. The smallest absolute Gasteiger partial charge is 0.265 e. The Bertz CT molecular complexity index is 600. The van der Waals surface area contributed by atoms with Gasteiger partial charge in [0.1, 0.15) is 0 Å². The Morgan fingerprint density at radius 1 is 1.31 bits per heavy atom. The van der Waals surface area contributed by atoms with Crippen molar-refractivity contribution < 1.29 is 4.79 Å². The summed E-state index contributed by atoms with van der Waals surface area (Å²) in [5, 5.41) is 4.66. The molecule has 0 unspecified atom stereocenters. The van der Waals surface area contributed by atoms with E-state index in [2.05, 4.69) is 15.1 Å². The van der Waals surface area contributed by atoms with Gasteiger partial charge in [-0.15, -0.1) is 0 Å². The average Bonchev–Trinajstić information content (AvgIpc) is 2.83. The molecule has 0 aromatic carbocycles. The maximum atomic E-state index is 11.2. The highest BCUT2D eigenvalue weighted by Gasteiger charge is 2.20. The Morgan fingerprint density at radius 2 is 2.19 bits per heavy atom. The summed E-state index contributed by atoms with van der Waals surface area (Å²) < 4.78 is 1.53. The van der Waals surface area contributed by atoms with E-state index in [0.717, 1.165) is 0 Å². The summed E-state index contributed by atoms with van der Waals surface area (Å²) in [6.45, 7) is 0. The molecule has 3 rings (SSSR count). The topological polar surface area (TPSA) is 60.1 Å². The summed E-state index contributed by atoms with van der Waals surface area (Å²) in [5.41, 5.74) is 1.07. The minimum Gasteiger partial charge on any atom is -0.265 e. The van der Waals surface area contributed by atoms with Gasteiger partial charge in [-0.2, -0.15) is 5.10 Å². The van der Waals surface area contributed by atoms with Crippen LogP contribution in [0.3, 0.4) is 0 Å². The quantitative estimate of drug-likeness (QED) is 0.749. The molecule has 0 atom stereocenters. The van der Waals surface area contributed by atoms with Crippen LogP contribution in [-0.4, -0.2) is 26.9 Å². The fourth-order valence-electron chi connectivity index (χ4n) is 1.46. The molecule has 0 radical (unpaired) electrons. The number of fused-ring (bicyclic) bond motifs is 1. The number of rotatable bonds is 1. The van der Waals surface area contributed by atoms with Crippen LogP contribution in [0.25, 0.3) is 5.82 Å². The molecule has 2 aromatic heterocycles. The van der Waals surface area contributed by atoms with Crippen LogP contribution in [0, 0.1) is 0 Å². The van der Waals surface area contributed by atoms with Gasteiger partial charge in [-0.3, -0.25) is 4.79 Å². The van der Waals surface area contributed by atoms with Crippen molar-refractivity contribution in [3.05, 3.63) is 40.8 Å². The first-order valence-electron chi connectivity index (χ1n) is 4.54. The lowest BCUT2D eigenvalue weighted by atomic mass is 10.3. The second kappa shape index (κ2) is 3.24. The number of aromatic nitrogens is 3. The first-order valence-corrected chi connectivity index (χ1v) is 4.92. The third-order valence-corrected chi connectivity index (χ3v) is 2.44. The van der Waals surface area contributed by atoms with E-state index in [4.69, 9.17) is 11.6 Å². The number of carbonyl (C=O) groups excluding carboxylic acids is 1. The minimum absolute atomic E-state index is 0.317. The zero-order valence-electron chi connectivity index (χ0n) is 7.96. The van der Waals surface area contributed by atoms with Crippen LogP contribution in [0.15, 0.2) is 29.5 Å². The molecule has 1 aliphatic rings. The van der Waals surface area contributed by atoms with Crippen LogP contribution in [-0.2, 0) is 0 Å². The normalized spacial score (nSPS) is 13.2. The summed E-state index contributed by atoms with van der Waals surface area (Å²) in [6, 6.07) is 3.44. The van der Waals surface area contributed by atoms with Gasteiger partial charge in [-0.25, -0.2) is 14.7 Å². The molecule has 1 amide bonds. The maximum Gasteiger partial charge on any atom is 0.298 e. The summed E-state index contributed by atoms with van der Waals surface area (Å²) >= 11 is 5.73. The molecule has 16 heavy (non-hydrogen) atoms. The zero-order chi connectivity index (χ0) is 11.1. The van der Waals surface area contributed by atoms with Crippen molar-refractivity contribution in [2.75, 3.05) is 0 Å². The van der Waals surface area contributed by atoms with Crippen molar-refractivity contribution >= 4 is 23.7 Å². The number of pyridine rings is 1. The Labute approximate surface area is 95.4 Å². The number of halogens is 1. The van der Waals surface area contributed by atoms with E-state index in [0.29, 0.717) is 22.1 Å². The van der Waals surface area contributed by atoms with Crippen molar-refractivity contribution in [3.8, 4) is 5.82 Å². The van der Waals surface area contributed by atoms with Crippen LogP contribution in [0.5, 0.6) is 0 Å². The molecule has 0 spiro atoms. The number of hydrogen-bond acceptors (Lipinski definition) is 3. The highest BCUT2D eigenvalue weighted by atomic mass is 35.5. The van der Waals surface area contributed by atoms with E-state index in [1.165, 1.54) is 17.1 Å². The molecule has 0 saturated heterocycles. The lowest BCUT2D eigenvalue weighted by Crippen LogP contribution is -2.00. The summed E-state index contributed by atoms with van der Waals surface area (Å²) in [7, 11) is 0. The third-order valence-electron chi connectivity index (χ3n) is 2.21. The largest absolute Gasteiger partial charge is 0.298 e. The second-order valence-corrected chi connectivity index (χ2v) is 3.71. The Kier molecular flexibility index (Phi) is 1.87. The highest BCUT2D eigenvalue weighted by molar-refractivity contribution is 6.30. The molecule has 0 fully saturated rings. The van der Waals surface area contributed by atoms with E-state index < -0.39 is 0 Å². The number of hydrogen-bond donors (Lipinski definition) is 0. The van der Waals surface area contributed by atoms with E-state index in [-0.39, 0.29) is 5.91 Å². The Morgan fingerprint density at radius 3 is 2.88 bits per heavy atom. The molecule has 78 valence electrons. The number of aliphatic imine (C=N–C) groups is 1. The first kappa shape index (κ1) is 9.23. The summed E-state index contributed by atoms with van der Waals surface area (Å²) in [5.74, 6) is 0.294. The molecule has 3 heterocycles. The van der Waals surface area contributed by atoms with Gasteiger partial charge in [0, 0.05) is 24.2 Å². The molecular weight excluding hydrogens is 228 g/mol. The highest BCUT2D eigenvalue weighted by Crippen LogP contribution is 2.15. The lowest BCUT2D eigenvalue weighted by molar-refractivity contribution is 0.100. The van der Waals surface area contributed by atoms with Gasteiger partial charge in [-0.1, -0.05) is 11.6 Å². The Hall–Kier alpha value is -2.01. The zero-order valence-corrected chi connectivity index (χ0v) is 8.72. The van der Waals surface area contributed by atoms with Crippen LogP contribution in [0.1, 0.15) is 16.1 Å². The lowest BCUT2D eigenvalue weighted by Gasteiger charge is -1.99. The van der Waals surface area contributed by atoms with Crippen molar-refractivity contribution in [3.63, 3.8) is 0 Å². The van der Waals surface area contributed by atoms with Gasteiger partial charge in [0.25, 0.3) is 5.91 Å². The Balaban J connectivity index is 2.08. The summed E-state index contributed by atoms with van der Waals surface area (Å²) in [4.78, 5) is 19.0.